The number of primary amides is 1. The van der Waals surface area contributed by atoms with Crippen molar-refractivity contribution in [1.29, 1.82) is 0 Å². The van der Waals surface area contributed by atoms with Gasteiger partial charge in [-0.1, -0.05) is 0 Å². The quantitative estimate of drug-likeness (QED) is 0.722. The van der Waals surface area contributed by atoms with Crippen LogP contribution in [0.4, 0.5) is 5.13 Å². The fourth-order valence-corrected chi connectivity index (χ4v) is 2.97. The van der Waals surface area contributed by atoms with Crippen molar-refractivity contribution in [3.63, 3.8) is 0 Å². The second-order valence-electron chi connectivity index (χ2n) is 4.36. The number of hydrogen-bond acceptors (Lipinski definition) is 5. The SMILES string of the molecule is NC(=O)CC(N)C(=O)Nc1nc2c(s1)CCCC2. The molecule has 1 aliphatic rings. The highest BCUT2D eigenvalue weighted by molar-refractivity contribution is 7.15. The van der Waals surface area contributed by atoms with E-state index >= 15 is 0 Å². The van der Waals surface area contributed by atoms with Gasteiger partial charge >= 0.3 is 0 Å². The van der Waals surface area contributed by atoms with Crippen LogP contribution in [0.5, 0.6) is 0 Å². The van der Waals surface area contributed by atoms with Gasteiger partial charge in [0.05, 0.1) is 18.2 Å². The van der Waals surface area contributed by atoms with Crippen LogP contribution in [0.2, 0.25) is 0 Å². The molecule has 0 spiro atoms. The lowest BCUT2D eigenvalue weighted by atomic mass is 10.0. The Hall–Kier alpha value is -1.47. The standard InChI is InChI=1S/C11H16N4O2S/c12-6(5-9(13)16)10(17)15-11-14-7-3-1-2-4-8(7)18-11/h6H,1-5,12H2,(H2,13,16)(H,14,15,17). The minimum Gasteiger partial charge on any atom is -0.370 e. The summed E-state index contributed by atoms with van der Waals surface area (Å²) < 4.78 is 0. The zero-order valence-electron chi connectivity index (χ0n) is 9.94. The summed E-state index contributed by atoms with van der Waals surface area (Å²) in [5.41, 5.74) is 11.6. The van der Waals surface area contributed by atoms with Gasteiger partial charge in [-0.2, -0.15) is 0 Å². The molecule has 5 N–H and O–H groups in total. The van der Waals surface area contributed by atoms with Crippen LogP contribution < -0.4 is 16.8 Å². The van der Waals surface area contributed by atoms with Crippen LogP contribution in [-0.2, 0) is 22.4 Å². The number of nitrogens with one attached hydrogen (secondary N) is 1. The van der Waals surface area contributed by atoms with Crippen LogP contribution in [0.25, 0.3) is 0 Å². The van der Waals surface area contributed by atoms with E-state index in [4.69, 9.17) is 11.5 Å². The fourth-order valence-electron chi connectivity index (χ4n) is 1.91. The maximum atomic E-state index is 11.7. The predicted octanol–water partition coefficient (Wildman–Crippen LogP) is 0.163. The van der Waals surface area contributed by atoms with Gasteiger partial charge in [0.1, 0.15) is 0 Å². The van der Waals surface area contributed by atoms with Crippen molar-refractivity contribution in [1.82, 2.24) is 4.98 Å². The molecule has 0 saturated carbocycles. The molecule has 2 rings (SSSR count). The molecule has 1 heterocycles. The zero-order valence-corrected chi connectivity index (χ0v) is 10.8. The molecule has 1 aromatic heterocycles. The van der Waals surface area contributed by atoms with E-state index in [0.717, 1.165) is 25.0 Å². The van der Waals surface area contributed by atoms with Crippen molar-refractivity contribution in [3.05, 3.63) is 10.6 Å². The Kier molecular flexibility index (Phi) is 3.93. The molecule has 0 radical (unpaired) electrons. The van der Waals surface area contributed by atoms with Crippen molar-refractivity contribution < 1.29 is 9.59 Å². The largest absolute Gasteiger partial charge is 0.370 e. The molecule has 0 bridgehead atoms. The molecule has 0 aromatic carbocycles. The van der Waals surface area contributed by atoms with Gasteiger partial charge in [0, 0.05) is 4.88 Å². The van der Waals surface area contributed by atoms with E-state index in [0.29, 0.717) is 5.13 Å². The smallest absolute Gasteiger partial charge is 0.243 e. The Balaban J connectivity index is 1.98. The maximum Gasteiger partial charge on any atom is 0.243 e. The van der Waals surface area contributed by atoms with E-state index in [9.17, 15) is 9.59 Å². The number of nitrogens with two attached hydrogens (primary N) is 2. The Bertz CT molecular complexity index is 448. The van der Waals surface area contributed by atoms with Crippen LogP contribution in [0.1, 0.15) is 29.8 Å². The van der Waals surface area contributed by atoms with Gasteiger partial charge in [-0.05, 0) is 25.7 Å². The lowest BCUT2D eigenvalue weighted by Crippen LogP contribution is -2.38. The van der Waals surface area contributed by atoms with E-state index in [-0.39, 0.29) is 6.42 Å². The molecule has 6 nitrogen and oxygen atoms in total. The number of carbonyl (C=O) groups is 2. The first-order valence-electron chi connectivity index (χ1n) is 5.89. The third kappa shape index (κ3) is 3.05. The second-order valence-corrected chi connectivity index (χ2v) is 5.45. The summed E-state index contributed by atoms with van der Waals surface area (Å²) in [5, 5.41) is 3.20. The molecular formula is C11H16N4O2S. The summed E-state index contributed by atoms with van der Waals surface area (Å²) in [4.78, 5) is 28.0. The highest BCUT2D eigenvalue weighted by Gasteiger charge is 2.20. The topological polar surface area (TPSA) is 111 Å². The van der Waals surface area contributed by atoms with Crippen LogP contribution in [0.15, 0.2) is 0 Å². The highest BCUT2D eigenvalue weighted by Crippen LogP contribution is 2.29. The van der Waals surface area contributed by atoms with E-state index in [1.165, 1.54) is 22.6 Å². The normalized spacial score (nSPS) is 15.8. The van der Waals surface area contributed by atoms with Crippen molar-refractivity contribution >= 4 is 28.3 Å². The lowest BCUT2D eigenvalue weighted by Gasteiger charge is -2.07. The van der Waals surface area contributed by atoms with Crippen molar-refractivity contribution in [3.8, 4) is 0 Å². The average molecular weight is 268 g/mol. The van der Waals surface area contributed by atoms with Crippen LogP contribution in [0, 0.1) is 0 Å². The highest BCUT2D eigenvalue weighted by atomic mass is 32.1. The molecule has 0 saturated heterocycles. The lowest BCUT2D eigenvalue weighted by molar-refractivity contribution is -0.123. The number of carbonyl (C=O) groups excluding carboxylic acids is 2. The van der Waals surface area contributed by atoms with Crippen molar-refractivity contribution in [2.75, 3.05) is 5.32 Å². The molecule has 7 heteroatoms. The first kappa shape index (κ1) is 13.0. The molecular weight excluding hydrogens is 252 g/mol. The fraction of sp³-hybridized carbons (Fsp3) is 0.545. The first-order chi connectivity index (χ1) is 8.56. The zero-order chi connectivity index (χ0) is 13.1. The maximum absolute atomic E-state index is 11.7. The summed E-state index contributed by atoms with van der Waals surface area (Å²) in [5.74, 6) is -1.00. The van der Waals surface area contributed by atoms with Gasteiger partial charge in [-0.3, -0.25) is 9.59 Å². The summed E-state index contributed by atoms with van der Waals surface area (Å²) in [7, 11) is 0. The van der Waals surface area contributed by atoms with E-state index in [1.807, 2.05) is 0 Å². The molecule has 1 aliphatic carbocycles. The van der Waals surface area contributed by atoms with Crippen molar-refractivity contribution in [2.24, 2.45) is 11.5 Å². The molecule has 18 heavy (non-hydrogen) atoms. The number of amides is 2. The van der Waals surface area contributed by atoms with Gasteiger partial charge in [0.2, 0.25) is 11.8 Å². The van der Waals surface area contributed by atoms with Gasteiger partial charge < -0.3 is 16.8 Å². The van der Waals surface area contributed by atoms with Crippen LogP contribution in [-0.4, -0.2) is 22.8 Å². The molecule has 2 amide bonds. The molecule has 0 fully saturated rings. The average Bonchev–Trinajstić information content (AvgIpc) is 2.69. The van der Waals surface area contributed by atoms with Gasteiger partial charge in [-0.25, -0.2) is 4.98 Å². The van der Waals surface area contributed by atoms with E-state index in [1.54, 1.807) is 0 Å². The summed E-state index contributed by atoms with van der Waals surface area (Å²) in [6.45, 7) is 0. The number of thiazole rings is 1. The van der Waals surface area contributed by atoms with E-state index < -0.39 is 17.9 Å². The number of rotatable bonds is 4. The predicted molar refractivity (Wildman–Crippen MR) is 69.2 cm³/mol. The Morgan fingerprint density at radius 1 is 1.39 bits per heavy atom. The monoisotopic (exact) mass is 268 g/mol. The van der Waals surface area contributed by atoms with Gasteiger partial charge in [0.15, 0.2) is 5.13 Å². The third-order valence-electron chi connectivity index (χ3n) is 2.83. The Morgan fingerprint density at radius 2 is 2.11 bits per heavy atom. The third-order valence-corrected chi connectivity index (χ3v) is 3.91. The number of nitrogens with zero attached hydrogens (tertiary/aromatic N) is 1. The number of hydrogen-bond donors (Lipinski definition) is 3. The van der Waals surface area contributed by atoms with Crippen LogP contribution in [0.3, 0.4) is 0 Å². The summed E-state index contributed by atoms with van der Waals surface area (Å²) in [6, 6.07) is -0.913. The molecule has 98 valence electrons. The minimum atomic E-state index is -0.913. The molecule has 0 aliphatic heterocycles. The number of fused-ring (bicyclic) bond motifs is 1. The molecule has 1 aromatic rings. The summed E-state index contributed by atoms with van der Waals surface area (Å²) in [6.07, 6.45) is 4.15. The minimum absolute atomic E-state index is 0.156. The van der Waals surface area contributed by atoms with E-state index in [2.05, 4.69) is 10.3 Å². The molecule has 1 atom stereocenters. The number of aromatic nitrogens is 1. The van der Waals surface area contributed by atoms with Gasteiger partial charge in [0.25, 0.3) is 0 Å². The van der Waals surface area contributed by atoms with Crippen LogP contribution >= 0.6 is 11.3 Å². The number of aryl methyl sites for hydroxylation is 2. The van der Waals surface area contributed by atoms with Crippen molar-refractivity contribution in [2.45, 2.75) is 38.1 Å². The second kappa shape index (κ2) is 5.45. The van der Waals surface area contributed by atoms with Gasteiger partial charge in [-0.15, -0.1) is 11.3 Å². The first-order valence-corrected chi connectivity index (χ1v) is 6.71. The molecule has 1 unspecified atom stereocenters. The summed E-state index contributed by atoms with van der Waals surface area (Å²) >= 11 is 1.49. The Labute approximate surface area is 109 Å². The number of anilines is 1. The Morgan fingerprint density at radius 3 is 2.78 bits per heavy atom.